The monoisotopic (exact) mass is 1250 g/mol. The van der Waals surface area contributed by atoms with Gasteiger partial charge >= 0.3 is 0 Å². The predicted molar refractivity (Wildman–Crippen MR) is 412 cm³/mol. The van der Waals surface area contributed by atoms with Crippen molar-refractivity contribution in [2.75, 3.05) is 9.80 Å². The molecule has 0 radical (unpaired) electrons. The van der Waals surface area contributed by atoms with Crippen LogP contribution in [0.15, 0.2) is 218 Å². The van der Waals surface area contributed by atoms with E-state index >= 15 is 0 Å². The van der Waals surface area contributed by atoms with E-state index in [1.54, 1.807) is 0 Å². The normalized spacial score (nSPS) is 14.3. The van der Waals surface area contributed by atoms with Crippen LogP contribution in [-0.2, 0) is 21.7 Å². The van der Waals surface area contributed by atoms with Crippen molar-refractivity contribution in [3.63, 3.8) is 0 Å². The Balaban J connectivity index is 1.04. The molecule has 2 unspecified atom stereocenters. The Hall–Kier alpha value is -9.25. The average molecular weight is 1250 g/mol. The van der Waals surface area contributed by atoms with Crippen molar-refractivity contribution in [1.29, 1.82) is 0 Å². The van der Waals surface area contributed by atoms with Crippen LogP contribution in [0.4, 0.5) is 34.1 Å². The number of rotatable bonds is 10. The second kappa shape index (κ2) is 23.3. The first-order valence-electron chi connectivity index (χ1n) is 35.2. The molecule has 96 heavy (non-hydrogen) atoms. The second-order valence-corrected chi connectivity index (χ2v) is 32.1. The van der Waals surface area contributed by atoms with Crippen LogP contribution in [0.3, 0.4) is 0 Å². The molecule has 0 N–H and O–H groups in total. The second-order valence-electron chi connectivity index (χ2n) is 32.1. The summed E-state index contributed by atoms with van der Waals surface area (Å²) in [4.78, 5) is 5.07. The Kier molecular flexibility index (Phi) is 15.2. The zero-order valence-electron chi connectivity index (χ0n) is 59.2. The molecule has 11 aromatic rings. The van der Waals surface area contributed by atoms with Gasteiger partial charge in [0.1, 0.15) is 23.0 Å². The highest BCUT2D eigenvalue weighted by Gasteiger charge is 2.52. The van der Waals surface area contributed by atoms with Gasteiger partial charge in [0.25, 0.3) is 13.4 Å². The van der Waals surface area contributed by atoms with Crippen LogP contribution in [0.5, 0.6) is 23.0 Å². The number of hydrogen-bond acceptors (Lipinski definition) is 4. The van der Waals surface area contributed by atoms with Gasteiger partial charge in [-0.1, -0.05) is 281 Å². The van der Waals surface area contributed by atoms with Gasteiger partial charge < -0.3 is 19.3 Å². The zero-order valence-corrected chi connectivity index (χ0v) is 59.2. The number of anilines is 6. The molecule has 0 bridgehead atoms. The van der Waals surface area contributed by atoms with Crippen molar-refractivity contribution in [3.05, 3.63) is 252 Å². The maximum Gasteiger partial charge on any atom is 0.256 e. The third-order valence-corrected chi connectivity index (χ3v) is 21.7. The topological polar surface area (TPSA) is 24.9 Å². The average Bonchev–Trinajstić information content (AvgIpc) is 0.672. The minimum Gasteiger partial charge on any atom is -0.456 e. The van der Waals surface area contributed by atoms with E-state index in [4.69, 9.17) is 9.47 Å². The summed E-state index contributed by atoms with van der Waals surface area (Å²) in [6.45, 7) is 36.3. The first-order chi connectivity index (χ1) is 45.8. The predicted octanol–water partition coefficient (Wildman–Crippen LogP) is 21.4. The lowest BCUT2D eigenvalue weighted by atomic mass is 9.31. The van der Waals surface area contributed by atoms with E-state index in [0.29, 0.717) is 11.8 Å². The highest BCUT2D eigenvalue weighted by Crippen LogP contribution is 2.55. The van der Waals surface area contributed by atoms with Gasteiger partial charge in [0.2, 0.25) is 0 Å². The van der Waals surface area contributed by atoms with Crippen molar-refractivity contribution in [2.45, 2.75) is 157 Å². The molecule has 4 nitrogen and oxygen atoms in total. The summed E-state index contributed by atoms with van der Waals surface area (Å²) in [5, 5.41) is 0. The summed E-state index contributed by atoms with van der Waals surface area (Å²) < 4.78 is 16.0. The van der Waals surface area contributed by atoms with Gasteiger partial charge in [0.05, 0.1) is 11.4 Å². The summed E-state index contributed by atoms with van der Waals surface area (Å²) in [5.74, 6) is 4.14. The maximum absolute atomic E-state index is 8.01. The number of ether oxygens (including phenoxy) is 2. The van der Waals surface area contributed by atoms with Crippen molar-refractivity contribution < 1.29 is 9.47 Å². The Labute approximate surface area is 572 Å². The fourth-order valence-corrected chi connectivity index (χ4v) is 15.3. The van der Waals surface area contributed by atoms with E-state index in [-0.39, 0.29) is 35.1 Å². The maximum atomic E-state index is 8.01. The van der Waals surface area contributed by atoms with Gasteiger partial charge in [0, 0.05) is 33.7 Å². The van der Waals surface area contributed by atoms with E-state index in [1.165, 1.54) is 99.7 Å². The third-order valence-electron chi connectivity index (χ3n) is 21.7. The van der Waals surface area contributed by atoms with Crippen molar-refractivity contribution in [3.8, 4) is 67.5 Å². The molecule has 4 aliphatic heterocycles. The van der Waals surface area contributed by atoms with Crippen LogP contribution in [-0.4, -0.2) is 13.4 Å². The minimum atomic E-state index is -0.249. The smallest absolute Gasteiger partial charge is 0.256 e. The molecule has 6 heteroatoms. The van der Waals surface area contributed by atoms with E-state index in [9.17, 15) is 0 Å². The Morgan fingerprint density at radius 1 is 0.312 bits per heavy atom. The molecule has 478 valence electrons. The lowest BCUT2D eigenvalue weighted by molar-refractivity contribution is 0.477. The molecule has 2 atom stereocenters. The molecule has 11 aromatic carbocycles. The minimum absolute atomic E-state index is 0.0201. The van der Waals surface area contributed by atoms with Gasteiger partial charge in [-0.05, 0) is 195 Å². The van der Waals surface area contributed by atoms with Gasteiger partial charge in [0.15, 0.2) is 0 Å². The molecule has 0 saturated carbocycles. The first kappa shape index (κ1) is 62.8. The lowest BCUT2D eigenvalue weighted by Gasteiger charge is -2.47. The van der Waals surface area contributed by atoms with Crippen LogP contribution in [0.25, 0.3) is 44.5 Å². The Morgan fingerprint density at radius 2 is 0.583 bits per heavy atom. The highest BCUT2D eigenvalue weighted by atomic mass is 16.5. The standard InChI is InChI=1S/C90H90B2N2O2/c1-17-55(3)63-33-49-79-75(51-63)91-73-53-65(61-23-39-69(40-24-61)89(11,12)13)31-47-77(73)93(71-43-27-59(28-44-71)57-19-35-67(36-20-57)87(5,6)7)83-81(91)85(95-79)84-82-86(83)96-80-50-34-64(56(4)18-2)52-76(80)92(82)74-54-66(62-25-41-70(42-26-62)90(14,15)16)32-48-78(74)94(84)72-45-29-60(30-46-72)58-21-37-68(38-22-58)88(8,9)10/h19-56H,17-18H2,1-16H3. The van der Waals surface area contributed by atoms with Gasteiger partial charge in [-0.3, -0.25) is 0 Å². The summed E-state index contributed by atoms with van der Waals surface area (Å²) in [6.07, 6.45) is 2.04. The van der Waals surface area contributed by atoms with Gasteiger partial charge in [-0.15, -0.1) is 0 Å². The molecule has 4 aliphatic rings. The molecule has 0 spiro atoms. The first-order valence-corrected chi connectivity index (χ1v) is 35.2. The molecule has 0 amide bonds. The number of nitrogens with zero attached hydrogens (tertiary/aromatic N) is 2. The number of benzene rings is 11. The van der Waals surface area contributed by atoms with Gasteiger partial charge in [-0.2, -0.15) is 0 Å². The van der Waals surface area contributed by atoms with E-state index in [2.05, 4.69) is 339 Å². The Bertz CT molecular complexity index is 4520. The quantitative estimate of drug-likeness (QED) is 0.127. The third kappa shape index (κ3) is 10.8. The molecule has 4 heterocycles. The van der Waals surface area contributed by atoms with E-state index in [0.717, 1.165) is 80.9 Å². The summed E-state index contributed by atoms with van der Waals surface area (Å²) in [6, 6.07) is 84.0. The van der Waals surface area contributed by atoms with Crippen LogP contribution < -0.4 is 52.1 Å². The molecular weight excluding hydrogens is 1160 g/mol. The zero-order chi connectivity index (χ0) is 67.1. The van der Waals surface area contributed by atoms with Crippen molar-refractivity contribution >= 4 is 80.3 Å². The molecule has 0 saturated heterocycles. The molecule has 15 rings (SSSR count). The van der Waals surface area contributed by atoms with Crippen LogP contribution >= 0.6 is 0 Å². The van der Waals surface area contributed by atoms with Crippen molar-refractivity contribution in [2.24, 2.45) is 0 Å². The van der Waals surface area contributed by atoms with Crippen LogP contribution in [0.2, 0.25) is 0 Å². The van der Waals surface area contributed by atoms with Gasteiger partial charge in [-0.25, -0.2) is 0 Å². The fourth-order valence-electron chi connectivity index (χ4n) is 15.3. The fraction of sp³-hybridized carbons (Fsp3) is 0.267. The number of hydrogen-bond donors (Lipinski definition) is 0. The van der Waals surface area contributed by atoms with Crippen molar-refractivity contribution in [1.82, 2.24) is 0 Å². The van der Waals surface area contributed by atoms with E-state index in [1.807, 2.05) is 0 Å². The summed E-state index contributed by atoms with van der Waals surface area (Å²) in [7, 11) is 0. The van der Waals surface area contributed by atoms with E-state index < -0.39 is 0 Å². The molecule has 0 fully saturated rings. The number of fused-ring (bicyclic) bond motifs is 10. The SMILES string of the molecule is CCC(C)c1ccc2c(c1)B1c3cc(-c4ccc(C(C)(C)C)cc4)ccc3N(c3ccc(-c4ccc(C(C)(C)C)cc4)cc3)c3c4c5c(c(c31)O2)N(c1ccc(-c2ccc(C(C)(C)C)cc2)cc1)c1ccc(-c2ccc(C(C)(C)C)cc2)cc1B5c1cc(C(C)CC)ccc1O4. The largest absolute Gasteiger partial charge is 0.456 e. The van der Waals surface area contributed by atoms with Crippen LogP contribution in [0, 0.1) is 0 Å². The summed E-state index contributed by atoms with van der Waals surface area (Å²) >= 11 is 0. The molecule has 0 aliphatic carbocycles. The Morgan fingerprint density at radius 3 is 0.865 bits per heavy atom. The highest BCUT2D eigenvalue weighted by molar-refractivity contribution is 7.02. The molecular formula is C90H90B2N2O2. The molecule has 0 aromatic heterocycles. The summed E-state index contributed by atoms with van der Waals surface area (Å²) in [5.41, 5.74) is 30.8. The van der Waals surface area contributed by atoms with Crippen LogP contribution in [0.1, 0.15) is 169 Å². The lowest BCUT2D eigenvalue weighted by Crippen LogP contribution is -2.64.